The number of hydrogen-bond acceptors (Lipinski definition) is 5. The lowest BCUT2D eigenvalue weighted by Gasteiger charge is -2.16. The van der Waals surface area contributed by atoms with Crippen molar-refractivity contribution in [3.05, 3.63) is 0 Å². The summed E-state index contributed by atoms with van der Waals surface area (Å²) in [5.41, 5.74) is 0. The molecule has 0 aromatic heterocycles. The van der Waals surface area contributed by atoms with E-state index in [1.54, 1.807) is 20.8 Å². The molecule has 0 spiro atoms. The second kappa shape index (κ2) is 4.92. The predicted octanol–water partition coefficient (Wildman–Crippen LogP) is 0.452. The van der Waals surface area contributed by atoms with Crippen LogP contribution < -0.4 is 0 Å². The molecule has 5 heteroatoms. The first kappa shape index (κ1) is 12.4. The zero-order valence-corrected chi connectivity index (χ0v) is 9.36. The average Bonchev–Trinajstić information content (AvgIpc) is 2.45. The minimum absolute atomic E-state index is 0.205. The summed E-state index contributed by atoms with van der Waals surface area (Å²) in [6.45, 7) is 5.57. The van der Waals surface area contributed by atoms with Crippen LogP contribution in [-0.2, 0) is 19.0 Å². The number of ether oxygens (including phenoxy) is 3. The Morgan fingerprint density at radius 1 is 1.67 bits per heavy atom. The van der Waals surface area contributed by atoms with Crippen LogP contribution in [-0.4, -0.2) is 42.3 Å². The van der Waals surface area contributed by atoms with Crippen molar-refractivity contribution in [1.29, 1.82) is 0 Å². The molecule has 15 heavy (non-hydrogen) atoms. The maximum Gasteiger partial charge on any atom is 0.337 e. The number of carbonyl (C=O) groups is 1. The number of esters is 1. The average molecular weight is 218 g/mol. The zero-order chi connectivity index (χ0) is 11.5. The Labute approximate surface area is 89.3 Å². The van der Waals surface area contributed by atoms with Crippen molar-refractivity contribution in [2.24, 2.45) is 0 Å². The maximum absolute atomic E-state index is 11.4. The van der Waals surface area contributed by atoms with Gasteiger partial charge in [0.2, 0.25) is 0 Å². The number of carbonyl (C=O) groups excluding carboxylic acids is 1. The number of hydrogen-bond donors (Lipinski definition) is 1. The van der Waals surface area contributed by atoms with Crippen molar-refractivity contribution < 1.29 is 24.1 Å². The Hall–Kier alpha value is -0.650. The van der Waals surface area contributed by atoms with E-state index in [0.717, 1.165) is 0 Å². The largest absolute Gasteiger partial charge is 0.464 e. The monoisotopic (exact) mass is 218 g/mol. The van der Waals surface area contributed by atoms with Gasteiger partial charge in [0.25, 0.3) is 0 Å². The quantitative estimate of drug-likeness (QED) is 0.694. The Bertz CT molecular complexity index is 224. The van der Waals surface area contributed by atoms with E-state index in [2.05, 4.69) is 0 Å². The van der Waals surface area contributed by atoms with Gasteiger partial charge in [0.05, 0.1) is 19.3 Å². The molecule has 88 valence electrons. The molecule has 0 amide bonds. The Morgan fingerprint density at radius 3 is 2.80 bits per heavy atom. The van der Waals surface area contributed by atoms with Crippen molar-refractivity contribution in [3.63, 3.8) is 0 Å². The Balaban J connectivity index is 2.24. The van der Waals surface area contributed by atoms with Gasteiger partial charge in [-0.25, -0.2) is 4.79 Å². The van der Waals surface area contributed by atoms with Crippen LogP contribution >= 0.6 is 0 Å². The maximum atomic E-state index is 11.4. The highest BCUT2D eigenvalue weighted by Gasteiger charge is 2.37. The summed E-state index contributed by atoms with van der Waals surface area (Å²) < 4.78 is 15.5. The van der Waals surface area contributed by atoms with Crippen molar-refractivity contribution in [2.45, 2.75) is 45.2 Å². The first-order chi connectivity index (χ1) is 6.91. The van der Waals surface area contributed by atoms with E-state index in [9.17, 15) is 4.79 Å². The molecule has 1 aliphatic heterocycles. The predicted molar refractivity (Wildman–Crippen MR) is 52.2 cm³/mol. The second-order valence-corrected chi connectivity index (χ2v) is 4.12. The summed E-state index contributed by atoms with van der Waals surface area (Å²) >= 11 is 0. The lowest BCUT2D eigenvalue weighted by atomic mass is 10.3. The van der Waals surface area contributed by atoms with Gasteiger partial charge in [-0.2, -0.15) is 0 Å². The SMILES string of the molecule is C[C@H](O)CCOC(=O)C1COC(C)(C)O1. The molecule has 2 atom stereocenters. The molecule has 0 aromatic rings. The summed E-state index contributed by atoms with van der Waals surface area (Å²) in [6.07, 6.45) is -0.674. The first-order valence-corrected chi connectivity index (χ1v) is 5.07. The molecule has 1 rings (SSSR count). The molecule has 1 unspecified atom stereocenters. The number of aliphatic hydroxyl groups excluding tert-OH is 1. The van der Waals surface area contributed by atoms with E-state index in [-0.39, 0.29) is 13.2 Å². The van der Waals surface area contributed by atoms with Crippen LogP contribution in [0.4, 0.5) is 0 Å². The van der Waals surface area contributed by atoms with Gasteiger partial charge in [-0.1, -0.05) is 0 Å². The molecule has 0 aromatic carbocycles. The van der Waals surface area contributed by atoms with E-state index in [4.69, 9.17) is 19.3 Å². The minimum atomic E-state index is -0.714. The zero-order valence-electron chi connectivity index (χ0n) is 9.36. The van der Waals surface area contributed by atoms with Gasteiger partial charge >= 0.3 is 5.97 Å². The van der Waals surface area contributed by atoms with Crippen molar-refractivity contribution in [2.75, 3.05) is 13.2 Å². The third-order valence-corrected chi connectivity index (χ3v) is 2.05. The van der Waals surface area contributed by atoms with Gasteiger partial charge in [-0.3, -0.25) is 0 Å². The van der Waals surface area contributed by atoms with E-state index in [0.29, 0.717) is 6.42 Å². The molecule has 1 heterocycles. The van der Waals surface area contributed by atoms with Crippen LogP contribution in [0.3, 0.4) is 0 Å². The normalized spacial score (nSPS) is 26.3. The highest BCUT2D eigenvalue weighted by atomic mass is 16.8. The molecule has 0 bridgehead atoms. The fourth-order valence-corrected chi connectivity index (χ4v) is 1.23. The van der Waals surface area contributed by atoms with Crippen LogP contribution in [0.25, 0.3) is 0 Å². The molecule has 1 fully saturated rings. The molecule has 1 saturated heterocycles. The third kappa shape index (κ3) is 4.15. The summed E-state index contributed by atoms with van der Waals surface area (Å²) in [7, 11) is 0. The minimum Gasteiger partial charge on any atom is -0.464 e. The first-order valence-electron chi connectivity index (χ1n) is 5.07. The van der Waals surface area contributed by atoms with Crippen LogP contribution in [0.1, 0.15) is 27.2 Å². The van der Waals surface area contributed by atoms with Crippen molar-refractivity contribution in [1.82, 2.24) is 0 Å². The van der Waals surface area contributed by atoms with Crippen LogP contribution in [0.5, 0.6) is 0 Å². The number of aliphatic hydroxyl groups is 1. The fraction of sp³-hybridized carbons (Fsp3) is 0.900. The fourth-order valence-electron chi connectivity index (χ4n) is 1.23. The van der Waals surface area contributed by atoms with E-state index in [1.807, 2.05) is 0 Å². The topological polar surface area (TPSA) is 65.0 Å². The summed E-state index contributed by atoms with van der Waals surface area (Å²) in [4.78, 5) is 11.4. The summed E-state index contributed by atoms with van der Waals surface area (Å²) in [6, 6.07) is 0. The van der Waals surface area contributed by atoms with Crippen molar-refractivity contribution in [3.8, 4) is 0 Å². The van der Waals surface area contributed by atoms with Crippen molar-refractivity contribution >= 4 is 5.97 Å². The molecule has 5 nitrogen and oxygen atoms in total. The Kier molecular flexibility index (Phi) is 4.07. The van der Waals surface area contributed by atoms with Crippen LogP contribution in [0.2, 0.25) is 0 Å². The van der Waals surface area contributed by atoms with Gasteiger partial charge in [0, 0.05) is 6.42 Å². The van der Waals surface area contributed by atoms with Gasteiger partial charge < -0.3 is 19.3 Å². The number of rotatable bonds is 4. The van der Waals surface area contributed by atoms with E-state index >= 15 is 0 Å². The molecule has 0 aliphatic carbocycles. The molecule has 0 radical (unpaired) electrons. The molecule has 0 saturated carbocycles. The highest BCUT2D eigenvalue weighted by Crippen LogP contribution is 2.22. The molecular formula is C10H18O5. The third-order valence-electron chi connectivity index (χ3n) is 2.05. The van der Waals surface area contributed by atoms with Gasteiger partial charge in [0.15, 0.2) is 11.9 Å². The summed E-state index contributed by atoms with van der Waals surface area (Å²) in [5.74, 6) is -1.14. The molecule has 1 aliphatic rings. The van der Waals surface area contributed by atoms with Crippen LogP contribution in [0.15, 0.2) is 0 Å². The van der Waals surface area contributed by atoms with Gasteiger partial charge in [0.1, 0.15) is 0 Å². The molecule has 1 N–H and O–H groups in total. The second-order valence-electron chi connectivity index (χ2n) is 4.12. The summed E-state index contributed by atoms with van der Waals surface area (Å²) in [5, 5.41) is 8.97. The standard InChI is InChI=1S/C10H18O5/c1-7(11)4-5-13-9(12)8-6-14-10(2,3)15-8/h7-8,11H,4-6H2,1-3H3/t7-,8?/m0/s1. The Morgan fingerprint density at radius 2 is 2.33 bits per heavy atom. The van der Waals surface area contributed by atoms with Gasteiger partial charge in [-0.05, 0) is 20.8 Å². The van der Waals surface area contributed by atoms with Crippen LogP contribution in [0, 0.1) is 0 Å². The lowest BCUT2D eigenvalue weighted by Crippen LogP contribution is -2.29. The smallest absolute Gasteiger partial charge is 0.337 e. The highest BCUT2D eigenvalue weighted by molar-refractivity contribution is 5.75. The van der Waals surface area contributed by atoms with E-state index in [1.165, 1.54) is 0 Å². The molecular weight excluding hydrogens is 200 g/mol. The lowest BCUT2D eigenvalue weighted by molar-refractivity contribution is -0.170. The van der Waals surface area contributed by atoms with E-state index < -0.39 is 24.0 Å². The van der Waals surface area contributed by atoms with Gasteiger partial charge in [-0.15, -0.1) is 0 Å².